The van der Waals surface area contributed by atoms with E-state index in [2.05, 4.69) is 0 Å². The van der Waals surface area contributed by atoms with Crippen LogP contribution in [0.25, 0.3) is 5.76 Å². The van der Waals surface area contributed by atoms with Gasteiger partial charge in [0.1, 0.15) is 11.5 Å². The van der Waals surface area contributed by atoms with Gasteiger partial charge in [0.15, 0.2) is 0 Å². The normalized spacial score (nSPS) is 17.3. The molecule has 0 aliphatic carbocycles. The van der Waals surface area contributed by atoms with E-state index in [9.17, 15) is 14.7 Å². The summed E-state index contributed by atoms with van der Waals surface area (Å²) < 4.78 is 5.74. The number of likely N-dealkylation sites (tertiary alicyclic amines) is 1. The summed E-state index contributed by atoms with van der Waals surface area (Å²) in [6.45, 7) is 6.83. The van der Waals surface area contributed by atoms with E-state index >= 15 is 0 Å². The monoisotopic (exact) mass is 509 g/mol. The van der Waals surface area contributed by atoms with E-state index in [0.717, 1.165) is 33.7 Å². The zero-order chi connectivity index (χ0) is 25.1. The Kier molecular flexibility index (Phi) is 7.63. The van der Waals surface area contributed by atoms with Crippen molar-refractivity contribution in [2.75, 3.05) is 13.2 Å². The Balaban J connectivity index is 1.73. The lowest BCUT2D eigenvalue weighted by Crippen LogP contribution is -2.31. The van der Waals surface area contributed by atoms with E-state index in [0.29, 0.717) is 30.2 Å². The molecule has 0 spiro atoms. The first-order valence-electron chi connectivity index (χ1n) is 11.6. The van der Waals surface area contributed by atoms with Gasteiger partial charge in [0, 0.05) is 22.0 Å². The molecule has 2 heterocycles. The molecule has 1 fully saturated rings. The molecular formula is C28H28ClNO4S. The molecule has 0 bridgehead atoms. The minimum Gasteiger partial charge on any atom is -0.507 e. The van der Waals surface area contributed by atoms with Gasteiger partial charge in [-0.1, -0.05) is 30.7 Å². The van der Waals surface area contributed by atoms with Crippen LogP contribution in [0, 0.1) is 13.8 Å². The molecule has 35 heavy (non-hydrogen) atoms. The fourth-order valence-electron chi connectivity index (χ4n) is 4.27. The summed E-state index contributed by atoms with van der Waals surface area (Å²) in [7, 11) is 0. The number of hydrogen-bond donors (Lipinski definition) is 1. The zero-order valence-corrected chi connectivity index (χ0v) is 21.6. The lowest BCUT2D eigenvalue weighted by Gasteiger charge is -2.25. The Hall–Kier alpha value is -3.09. The van der Waals surface area contributed by atoms with E-state index in [4.69, 9.17) is 16.3 Å². The molecule has 1 atom stereocenters. The number of Topliss-reactive ketones (excluding diaryl/α,β-unsaturated/α-hetero) is 1. The van der Waals surface area contributed by atoms with Crippen molar-refractivity contribution >= 4 is 40.4 Å². The molecule has 1 aliphatic heterocycles. The molecule has 182 valence electrons. The molecule has 2 aromatic carbocycles. The van der Waals surface area contributed by atoms with Crippen LogP contribution in [0.15, 0.2) is 59.5 Å². The number of rotatable bonds is 8. The number of nitrogens with zero attached hydrogens (tertiary/aromatic N) is 1. The maximum atomic E-state index is 13.3. The molecule has 0 radical (unpaired) electrons. The summed E-state index contributed by atoms with van der Waals surface area (Å²) in [5.41, 5.74) is 3.45. The van der Waals surface area contributed by atoms with Gasteiger partial charge in [-0.15, -0.1) is 11.3 Å². The van der Waals surface area contributed by atoms with Gasteiger partial charge in [-0.25, -0.2) is 0 Å². The summed E-state index contributed by atoms with van der Waals surface area (Å²) in [6.07, 6.45) is 1.45. The highest BCUT2D eigenvalue weighted by molar-refractivity contribution is 7.10. The Morgan fingerprint density at radius 2 is 1.83 bits per heavy atom. The third-order valence-corrected chi connectivity index (χ3v) is 7.48. The van der Waals surface area contributed by atoms with Crippen molar-refractivity contribution in [3.8, 4) is 5.75 Å². The molecule has 3 aromatic rings. The number of ketones is 1. The van der Waals surface area contributed by atoms with Crippen molar-refractivity contribution in [3.63, 3.8) is 0 Å². The smallest absolute Gasteiger partial charge is 0.295 e. The molecule has 1 unspecified atom stereocenters. The van der Waals surface area contributed by atoms with Gasteiger partial charge in [0.2, 0.25) is 0 Å². The van der Waals surface area contributed by atoms with E-state index in [1.54, 1.807) is 23.1 Å². The molecule has 1 N–H and O–H groups in total. The highest BCUT2D eigenvalue weighted by atomic mass is 35.5. The molecule has 5 nitrogen and oxygen atoms in total. The quantitative estimate of drug-likeness (QED) is 0.214. The van der Waals surface area contributed by atoms with Crippen LogP contribution in [-0.2, 0) is 16.0 Å². The standard InChI is InChI=1S/C28H28ClNO4S/c1-4-14-34-22-10-7-20(16-18(22)3)25(31)23-24(27-17(2)12-15-35-27)30(28(33)26(23)32)13-11-19-5-8-21(29)9-6-19/h5-10,12,15-16,24,31H,4,11,13-14H2,1-3H3/b25-23-. The number of hydrogen-bond acceptors (Lipinski definition) is 5. The molecule has 7 heteroatoms. The zero-order valence-electron chi connectivity index (χ0n) is 20.0. The first-order valence-corrected chi connectivity index (χ1v) is 12.9. The Labute approximate surface area is 214 Å². The molecule has 1 aromatic heterocycles. The predicted octanol–water partition coefficient (Wildman–Crippen LogP) is 6.47. The van der Waals surface area contributed by atoms with E-state index in [1.165, 1.54) is 11.3 Å². The third-order valence-electron chi connectivity index (χ3n) is 6.15. The van der Waals surface area contributed by atoms with Gasteiger partial charge in [-0.3, -0.25) is 9.59 Å². The second-order valence-corrected chi connectivity index (χ2v) is 10.0. The van der Waals surface area contributed by atoms with E-state index in [1.807, 2.05) is 56.5 Å². The number of thiophene rings is 1. The molecule has 4 rings (SSSR count). The summed E-state index contributed by atoms with van der Waals surface area (Å²) >= 11 is 7.48. The molecule has 0 saturated carbocycles. The van der Waals surface area contributed by atoms with Crippen molar-refractivity contribution in [1.82, 2.24) is 4.90 Å². The van der Waals surface area contributed by atoms with Crippen LogP contribution in [0.1, 0.15) is 46.5 Å². The van der Waals surface area contributed by atoms with Crippen molar-refractivity contribution in [1.29, 1.82) is 0 Å². The number of carbonyl (C=O) groups is 2. The molecule has 1 saturated heterocycles. The van der Waals surface area contributed by atoms with E-state index < -0.39 is 17.7 Å². The van der Waals surface area contributed by atoms with E-state index in [-0.39, 0.29) is 11.3 Å². The largest absolute Gasteiger partial charge is 0.507 e. The average molecular weight is 510 g/mol. The fraction of sp³-hybridized carbons (Fsp3) is 0.286. The van der Waals surface area contributed by atoms with Gasteiger partial charge in [-0.2, -0.15) is 0 Å². The summed E-state index contributed by atoms with van der Waals surface area (Å²) in [6, 6.07) is 14.1. The highest BCUT2D eigenvalue weighted by Gasteiger charge is 2.46. The van der Waals surface area contributed by atoms with Crippen LogP contribution in [0.2, 0.25) is 5.02 Å². The van der Waals surface area contributed by atoms with Crippen LogP contribution in [-0.4, -0.2) is 34.8 Å². The van der Waals surface area contributed by atoms with Crippen LogP contribution < -0.4 is 4.74 Å². The third kappa shape index (κ3) is 5.14. The lowest BCUT2D eigenvalue weighted by molar-refractivity contribution is -0.139. The maximum Gasteiger partial charge on any atom is 0.295 e. The molecular weight excluding hydrogens is 482 g/mol. The topological polar surface area (TPSA) is 66.8 Å². The number of aliphatic hydroxyl groups is 1. The predicted molar refractivity (Wildman–Crippen MR) is 140 cm³/mol. The number of ether oxygens (including phenoxy) is 1. The van der Waals surface area contributed by atoms with Crippen LogP contribution in [0.3, 0.4) is 0 Å². The van der Waals surface area contributed by atoms with Gasteiger partial charge >= 0.3 is 0 Å². The summed E-state index contributed by atoms with van der Waals surface area (Å²) in [5.74, 6) is -0.698. The second-order valence-electron chi connectivity index (χ2n) is 8.67. The van der Waals surface area contributed by atoms with Crippen molar-refractivity contribution < 1.29 is 19.4 Å². The first-order chi connectivity index (χ1) is 16.8. The molecule has 1 aliphatic rings. The van der Waals surface area contributed by atoms with Gasteiger partial charge in [0.25, 0.3) is 11.7 Å². The number of aliphatic hydroxyl groups excluding tert-OH is 1. The van der Waals surface area contributed by atoms with Crippen molar-refractivity contribution in [3.05, 3.63) is 91.6 Å². The fourth-order valence-corrected chi connectivity index (χ4v) is 5.45. The van der Waals surface area contributed by atoms with Gasteiger partial charge in [-0.05, 0) is 85.2 Å². The van der Waals surface area contributed by atoms with Gasteiger partial charge in [0.05, 0.1) is 18.2 Å². The summed E-state index contributed by atoms with van der Waals surface area (Å²) in [4.78, 5) is 28.9. The number of aryl methyl sites for hydroxylation is 2. The van der Waals surface area contributed by atoms with Crippen LogP contribution >= 0.6 is 22.9 Å². The number of carbonyl (C=O) groups excluding carboxylic acids is 2. The SMILES string of the molecule is CCCOc1ccc(/C(O)=C2/C(=O)C(=O)N(CCc3ccc(Cl)cc3)C2c2sccc2C)cc1C. The number of amides is 1. The summed E-state index contributed by atoms with van der Waals surface area (Å²) in [5, 5.41) is 13.9. The van der Waals surface area contributed by atoms with Crippen LogP contribution in [0.5, 0.6) is 5.75 Å². The minimum atomic E-state index is -0.666. The lowest BCUT2D eigenvalue weighted by atomic mass is 9.97. The molecule has 1 amide bonds. The Bertz CT molecular complexity index is 1280. The number of benzene rings is 2. The Morgan fingerprint density at radius 1 is 1.09 bits per heavy atom. The maximum absolute atomic E-state index is 13.3. The van der Waals surface area contributed by atoms with Crippen molar-refractivity contribution in [2.24, 2.45) is 0 Å². The first kappa shape index (κ1) is 25.0. The van der Waals surface area contributed by atoms with Gasteiger partial charge < -0.3 is 14.7 Å². The van der Waals surface area contributed by atoms with Crippen molar-refractivity contribution in [2.45, 2.75) is 39.7 Å². The second kappa shape index (κ2) is 10.7. The van der Waals surface area contributed by atoms with Crippen LogP contribution in [0.4, 0.5) is 0 Å². The number of halogens is 1. The Morgan fingerprint density at radius 3 is 2.46 bits per heavy atom. The average Bonchev–Trinajstić information content (AvgIpc) is 3.37. The minimum absolute atomic E-state index is 0.123. The highest BCUT2D eigenvalue weighted by Crippen LogP contribution is 2.43.